The molecular weight excluding hydrogens is 544 g/mol. The lowest BCUT2D eigenvalue weighted by Crippen LogP contribution is -2.59. The lowest BCUT2D eigenvalue weighted by Gasteiger charge is -2.47. The van der Waals surface area contributed by atoms with Crippen LogP contribution in [0, 0.1) is 11.6 Å². The Morgan fingerprint density at radius 1 is 0.690 bits per heavy atom. The van der Waals surface area contributed by atoms with E-state index in [0.717, 1.165) is 57.7 Å². The highest BCUT2D eigenvalue weighted by molar-refractivity contribution is 5.80. The normalized spacial score (nSPS) is 27.6. The van der Waals surface area contributed by atoms with Crippen molar-refractivity contribution in [3.05, 3.63) is 60.2 Å². The van der Waals surface area contributed by atoms with E-state index in [4.69, 9.17) is 24.7 Å². The molecule has 6 rings (SSSR count). The van der Waals surface area contributed by atoms with Gasteiger partial charge in [-0.3, -0.25) is 14.6 Å². The molecule has 10 heteroatoms. The van der Waals surface area contributed by atoms with Gasteiger partial charge >= 0.3 is 0 Å². The number of piperidine rings is 2. The van der Waals surface area contributed by atoms with E-state index >= 15 is 0 Å². The maximum atomic E-state index is 12.8. The van der Waals surface area contributed by atoms with Crippen molar-refractivity contribution in [3.8, 4) is 11.5 Å². The van der Waals surface area contributed by atoms with Crippen LogP contribution in [0.2, 0.25) is 0 Å². The molecule has 0 spiro atoms. The SMILES string of the molecule is NC1C[C@H]2COC[C@@H](C1)N2CCCOc1ccc(F)cc1.O=C1CC2COCC(C1)N2CCCOc1ccc(F)cc1. The van der Waals surface area contributed by atoms with E-state index in [-0.39, 0.29) is 23.7 Å². The predicted molar refractivity (Wildman–Crippen MR) is 155 cm³/mol. The molecule has 5 atom stereocenters. The number of hydrogen-bond acceptors (Lipinski definition) is 8. The smallest absolute Gasteiger partial charge is 0.136 e. The summed E-state index contributed by atoms with van der Waals surface area (Å²) in [6, 6.07) is 13.9. The van der Waals surface area contributed by atoms with Crippen molar-refractivity contribution in [3.63, 3.8) is 0 Å². The largest absolute Gasteiger partial charge is 0.494 e. The van der Waals surface area contributed by atoms with Crippen molar-refractivity contribution < 1.29 is 32.5 Å². The molecule has 42 heavy (non-hydrogen) atoms. The summed E-state index contributed by atoms with van der Waals surface area (Å²) in [6.45, 7) is 6.05. The molecule has 4 heterocycles. The minimum absolute atomic E-state index is 0.232. The van der Waals surface area contributed by atoms with E-state index in [0.29, 0.717) is 68.9 Å². The molecule has 4 saturated heterocycles. The summed E-state index contributed by atoms with van der Waals surface area (Å²) < 4.78 is 48.0. The van der Waals surface area contributed by atoms with Crippen LogP contribution in [0.5, 0.6) is 11.5 Å². The Kier molecular flexibility index (Phi) is 11.2. The number of ether oxygens (including phenoxy) is 4. The first-order valence-electron chi connectivity index (χ1n) is 15.2. The highest BCUT2D eigenvalue weighted by Gasteiger charge is 2.38. The number of Topliss-reactive ketones (excluding diaryl/α,β-unsaturated/α-hetero) is 1. The van der Waals surface area contributed by atoms with Crippen LogP contribution in [0.25, 0.3) is 0 Å². The van der Waals surface area contributed by atoms with Crippen LogP contribution in [-0.4, -0.2) is 98.5 Å². The van der Waals surface area contributed by atoms with E-state index in [1.165, 1.54) is 24.3 Å². The van der Waals surface area contributed by atoms with E-state index in [2.05, 4.69) is 9.80 Å². The van der Waals surface area contributed by atoms with Gasteiger partial charge in [-0.05, 0) is 74.2 Å². The third kappa shape index (κ3) is 8.70. The number of ketones is 1. The molecule has 2 aromatic carbocycles. The van der Waals surface area contributed by atoms with E-state index in [1.54, 1.807) is 24.3 Å². The van der Waals surface area contributed by atoms with Crippen LogP contribution in [-0.2, 0) is 14.3 Å². The lowest BCUT2D eigenvalue weighted by atomic mass is 9.90. The maximum absolute atomic E-state index is 12.8. The van der Waals surface area contributed by atoms with Crippen LogP contribution in [0.1, 0.15) is 38.5 Å². The molecule has 2 aromatic rings. The van der Waals surface area contributed by atoms with E-state index < -0.39 is 0 Å². The topological polar surface area (TPSA) is 86.5 Å². The molecule has 2 N–H and O–H groups in total. The number of morpholine rings is 2. The fraction of sp³-hybridized carbons (Fsp3) is 0.594. The van der Waals surface area contributed by atoms with Crippen LogP contribution in [0.15, 0.2) is 48.5 Å². The van der Waals surface area contributed by atoms with Gasteiger partial charge in [0.05, 0.1) is 39.6 Å². The minimum atomic E-state index is -0.256. The molecule has 8 nitrogen and oxygen atoms in total. The Labute approximate surface area is 247 Å². The first-order chi connectivity index (χ1) is 20.4. The van der Waals surface area contributed by atoms with Gasteiger partial charge in [0, 0.05) is 56.1 Å². The zero-order valence-electron chi connectivity index (χ0n) is 24.2. The summed E-state index contributed by atoms with van der Waals surface area (Å²) in [4.78, 5) is 16.5. The number of carbonyl (C=O) groups excluding carboxylic acids is 1. The van der Waals surface area contributed by atoms with Crippen LogP contribution >= 0.6 is 0 Å². The van der Waals surface area contributed by atoms with Gasteiger partial charge in [0.25, 0.3) is 0 Å². The van der Waals surface area contributed by atoms with Gasteiger partial charge in [0.2, 0.25) is 0 Å². The van der Waals surface area contributed by atoms with Gasteiger partial charge in [-0.25, -0.2) is 8.78 Å². The highest BCUT2D eigenvalue weighted by Crippen LogP contribution is 2.27. The lowest BCUT2D eigenvalue weighted by molar-refractivity contribution is -0.135. The summed E-state index contributed by atoms with van der Waals surface area (Å²) in [5.74, 6) is 1.27. The molecule has 3 unspecified atom stereocenters. The molecule has 0 amide bonds. The summed E-state index contributed by atoms with van der Waals surface area (Å²) in [5.41, 5.74) is 6.09. The van der Waals surface area contributed by atoms with E-state index in [9.17, 15) is 13.6 Å². The van der Waals surface area contributed by atoms with Crippen molar-refractivity contribution in [1.29, 1.82) is 0 Å². The van der Waals surface area contributed by atoms with Crippen molar-refractivity contribution in [2.45, 2.75) is 68.7 Å². The second-order valence-electron chi connectivity index (χ2n) is 11.7. The Hall–Kier alpha value is -2.63. The van der Waals surface area contributed by atoms with Crippen molar-refractivity contribution >= 4 is 5.78 Å². The third-order valence-electron chi connectivity index (χ3n) is 8.48. The zero-order valence-corrected chi connectivity index (χ0v) is 24.2. The van der Waals surface area contributed by atoms with Crippen LogP contribution in [0.3, 0.4) is 0 Å². The van der Waals surface area contributed by atoms with E-state index in [1.807, 2.05) is 0 Å². The monoisotopic (exact) mass is 587 g/mol. The average Bonchev–Trinajstić information content (AvgIpc) is 2.96. The molecule has 0 aromatic heterocycles. The highest BCUT2D eigenvalue weighted by atomic mass is 19.1. The average molecular weight is 588 g/mol. The summed E-state index contributed by atoms with van der Waals surface area (Å²) in [6.07, 6.45) is 5.10. The quantitative estimate of drug-likeness (QED) is 0.420. The predicted octanol–water partition coefficient (Wildman–Crippen LogP) is 3.81. The molecule has 4 aliphatic rings. The molecule has 4 fully saturated rings. The van der Waals surface area contributed by atoms with Gasteiger partial charge in [-0.15, -0.1) is 0 Å². The minimum Gasteiger partial charge on any atom is -0.494 e. The Morgan fingerprint density at radius 3 is 1.55 bits per heavy atom. The first-order valence-corrected chi connectivity index (χ1v) is 15.2. The number of rotatable bonds is 10. The molecule has 0 aliphatic carbocycles. The zero-order chi connectivity index (χ0) is 29.3. The number of fused-ring (bicyclic) bond motifs is 4. The van der Waals surface area contributed by atoms with Crippen molar-refractivity contribution in [2.24, 2.45) is 5.73 Å². The van der Waals surface area contributed by atoms with Crippen LogP contribution in [0.4, 0.5) is 8.78 Å². The molecule has 0 saturated carbocycles. The summed E-state index contributed by atoms with van der Waals surface area (Å²) in [5, 5.41) is 0. The molecule has 230 valence electrons. The van der Waals surface area contributed by atoms with Crippen molar-refractivity contribution in [1.82, 2.24) is 9.80 Å². The Balaban J connectivity index is 0.000000168. The number of nitrogens with zero attached hydrogens (tertiary/aromatic N) is 2. The molecule has 4 bridgehead atoms. The second kappa shape index (κ2) is 15.2. The molecular formula is C32H43F2N3O5. The van der Waals surface area contributed by atoms with Gasteiger partial charge in [0.1, 0.15) is 28.9 Å². The summed E-state index contributed by atoms with van der Waals surface area (Å²) >= 11 is 0. The van der Waals surface area contributed by atoms with Gasteiger partial charge < -0.3 is 24.7 Å². The maximum Gasteiger partial charge on any atom is 0.136 e. The Bertz CT molecular complexity index is 1090. The van der Waals surface area contributed by atoms with Gasteiger partial charge in [0.15, 0.2) is 0 Å². The number of carbonyl (C=O) groups is 1. The molecule has 0 radical (unpaired) electrons. The fourth-order valence-electron chi connectivity index (χ4n) is 6.49. The number of nitrogens with two attached hydrogens (primary N) is 1. The Morgan fingerprint density at radius 2 is 1.10 bits per heavy atom. The second-order valence-corrected chi connectivity index (χ2v) is 11.7. The van der Waals surface area contributed by atoms with Crippen molar-refractivity contribution in [2.75, 3.05) is 52.7 Å². The first kappa shape index (κ1) is 30.8. The van der Waals surface area contributed by atoms with Gasteiger partial charge in [-0.1, -0.05) is 0 Å². The number of halogens is 2. The van der Waals surface area contributed by atoms with Gasteiger partial charge in [-0.2, -0.15) is 0 Å². The number of hydrogen-bond donors (Lipinski definition) is 1. The summed E-state index contributed by atoms with van der Waals surface area (Å²) in [7, 11) is 0. The van der Waals surface area contributed by atoms with Crippen LogP contribution < -0.4 is 15.2 Å². The molecule has 4 aliphatic heterocycles. The standard InChI is InChI=1S/C16H23FN2O2.C16H20FNO3/c17-12-2-4-16(5-3-12)21-7-1-6-19-14-8-13(18)9-15(19)11-20-10-14;17-12-2-4-16(5-3-12)21-7-1-6-18-13-8-15(19)9-14(18)11-20-10-13/h2-5,13-15H,1,6-11,18H2;2-5,13-14H,1,6-11H2/t13?,14-,15+;. The fourth-order valence-corrected chi connectivity index (χ4v) is 6.49. The third-order valence-corrected chi connectivity index (χ3v) is 8.48. The number of benzene rings is 2.